The van der Waals surface area contributed by atoms with E-state index >= 15 is 0 Å². The Labute approximate surface area is 101 Å². The summed E-state index contributed by atoms with van der Waals surface area (Å²) in [5.41, 5.74) is 2.53. The van der Waals surface area contributed by atoms with Crippen LogP contribution in [0.1, 0.15) is 31.7 Å². The molecule has 0 aliphatic rings. The quantitative estimate of drug-likeness (QED) is 0.644. The van der Waals surface area contributed by atoms with Crippen molar-refractivity contribution in [3.8, 4) is 0 Å². The van der Waals surface area contributed by atoms with Gasteiger partial charge in [-0.2, -0.15) is 0 Å². The van der Waals surface area contributed by atoms with E-state index in [1.807, 2.05) is 6.07 Å². The van der Waals surface area contributed by atoms with Gasteiger partial charge >= 0.3 is 0 Å². The van der Waals surface area contributed by atoms with Crippen molar-refractivity contribution < 1.29 is 0 Å². The normalized spacial score (nSPS) is 11.5. The number of halogens is 1. The first-order valence-corrected chi connectivity index (χ1v) is 6.13. The van der Waals surface area contributed by atoms with E-state index in [1.54, 1.807) is 0 Å². The zero-order valence-electron chi connectivity index (χ0n) is 9.17. The highest BCUT2D eigenvalue weighted by Crippen LogP contribution is 2.23. The SMILES string of the molecule is C=C(Br)/C(=C\c1ccccc1)CCCC. The van der Waals surface area contributed by atoms with Gasteiger partial charge in [0.1, 0.15) is 0 Å². The molecule has 1 rings (SSSR count). The fourth-order valence-corrected chi connectivity index (χ4v) is 1.72. The summed E-state index contributed by atoms with van der Waals surface area (Å²) in [5, 5.41) is 0. The fraction of sp³-hybridized carbons (Fsp3) is 0.286. The molecule has 15 heavy (non-hydrogen) atoms. The van der Waals surface area contributed by atoms with Gasteiger partial charge in [0.05, 0.1) is 0 Å². The molecular formula is C14H17Br. The van der Waals surface area contributed by atoms with Crippen molar-refractivity contribution in [2.45, 2.75) is 26.2 Å². The second-order valence-electron chi connectivity index (χ2n) is 3.59. The van der Waals surface area contributed by atoms with Gasteiger partial charge in [-0.05, 0) is 24.0 Å². The molecule has 0 fully saturated rings. The Bertz CT molecular complexity index is 336. The van der Waals surface area contributed by atoms with Crippen LogP contribution >= 0.6 is 15.9 Å². The third-order valence-corrected chi connectivity index (χ3v) is 2.80. The van der Waals surface area contributed by atoms with Gasteiger partial charge in [-0.3, -0.25) is 0 Å². The van der Waals surface area contributed by atoms with Gasteiger partial charge < -0.3 is 0 Å². The minimum absolute atomic E-state index is 1.000. The van der Waals surface area contributed by atoms with Crippen LogP contribution in [0.3, 0.4) is 0 Å². The molecule has 0 unspecified atom stereocenters. The largest absolute Gasteiger partial charge is 0.0845 e. The van der Waals surface area contributed by atoms with Gasteiger partial charge in [0.2, 0.25) is 0 Å². The number of hydrogen-bond acceptors (Lipinski definition) is 0. The Hall–Kier alpha value is -0.820. The lowest BCUT2D eigenvalue weighted by atomic mass is 10.1. The third kappa shape index (κ3) is 4.48. The lowest BCUT2D eigenvalue weighted by molar-refractivity contribution is 0.800. The van der Waals surface area contributed by atoms with Gasteiger partial charge in [0.15, 0.2) is 0 Å². The molecule has 0 nitrogen and oxygen atoms in total. The Morgan fingerprint density at radius 2 is 2.00 bits per heavy atom. The second-order valence-corrected chi connectivity index (χ2v) is 4.55. The zero-order chi connectivity index (χ0) is 11.1. The average molecular weight is 265 g/mol. The molecule has 0 atom stereocenters. The van der Waals surface area contributed by atoms with Gasteiger partial charge in [-0.15, -0.1) is 0 Å². The first kappa shape index (κ1) is 12.3. The summed E-state index contributed by atoms with van der Waals surface area (Å²) in [6, 6.07) is 10.4. The summed E-state index contributed by atoms with van der Waals surface area (Å²) in [7, 11) is 0. The van der Waals surface area contributed by atoms with Crippen LogP contribution < -0.4 is 0 Å². The summed E-state index contributed by atoms with van der Waals surface area (Å²) in [4.78, 5) is 0. The maximum Gasteiger partial charge on any atom is 0.0135 e. The van der Waals surface area contributed by atoms with E-state index in [-0.39, 0.29) is 0 Å². The Balaban J connectivity index is 2.79. The van der Waals surface area contributed by atoms with E-state index in [1.165, 1.54) is 24.0 Å². The van der Waals surface area contributed by atoms with Gasteiger partial charge in [-0.1, -0.05) is 72.3 Å². The number of allylic oxidation sites excluding steroid dienone is 2. The van der Waals surface area contributed by atoms with Crippen LogP contribution in [-0.2, 0) is 0 Å². The average Bonchev–Trinajstić information content (AvgIpc) is 2.25. The number of hydrogen-bond donors (Lipinski definition) is 0. The molecule has 0 aromatic heterocycles. The standard InChI is InChI=1S/C14H17Br/c1-3-4-10-14(12(2)15)11-13-8-6-5-7-9-13/h5-9,11H,2-4,10H2,1H3/b14-11-. The van der Waals surface area contributed by atoms with Crippen LogP contribution in [0, 0.1) is 0 Å². The molecule has 80 valence electrons. The van der Waals surface area contributed by atoms with E-state index in [0.29, 0.717) is 0 Å². The molecule has 0 saturated carbocycles. The van der Waals surface area contributed by atoms with Crippen LogP contribution in [0.25, 0.3) is 6.08 Å². The lowest BCUT2D eigenvalue weighted by Gasteiger charge is -2.04. The number of rotatable bonds is 5. The molecule has 0 N–H and O–H groups in total. The topological polar surface area (TPSA) is 0 Å². The molecular weight excluding hydrogens is 248 g/mol. The zero-order valence-corrected chi connectivity index (χ0v) is 10.8. The Morgan fingerprint density at radius 1 is 1.33 bits per heavy atom. The van der Waals surface area contributed by atoms with Crippen LogP contribution in [0.4, 0.5) is 0 Å². The minimum Gasteiger partial charge on any atom is -0.0845 e. The van der Waals surface area contributed by atoms with Crippen LogP contribution in [0.2, 0.25) is 0 Å². The molecule has 0 radical (unpaired) electrons. The Morgan fingerprint density at radius 3 is 2.53 bits per heavy atom. The summed E-state index contributed by atoms with van der Waals surface area (Å²) in [5.74, 6) is 0. The van der Waals surface area contributed by atoms with Crippen molar-refractivity contribution in [3.05, 3.63) is 52.5 Å². The second kappa shape index (κ2) is 6.62. The van der Waals surface area contributed by atoms with E-state index in [0.717, 1.165) is 10.9 Å². The highest BCUT2D eigenvalue weighted by atomic mass is 79.9. The van der Waals surface area contributed by atoms with Crippen molar-refractivity contribution in [1.82, 2.24) is 0 Å². The maximum absolute atomic E-state index is 3.95. The predicted molar refractivity (Wildman–Crippen MR) is 72.0 cm³/mol. The number of unbranched alkanes of at least 4 members (excludes halogenated alkanes) is 1. The smallest absolute Gasteiger partial charge is 0.0135 e. The molecule has 0 aliphatic heterocycles. The molecule has 0 heterocycles. The van der Waals surface area contributed by atoms with E-state index in [2.05, 4.69) is 59.8 Å². The maximum atomic E-state index is 3.95. The van der Waals surface area contributed by atoms with Crippen molar-refractivity contribution in [2.75, 3.05) is 0 Å². The summed E-state index contributed by atoms with van der Waals surface area (Å²) in [6.07, 6.45) is 5.72. The van der Waals surface area contributed by atoms with Crippen LogP contribution in [-0.4, -0.2) is 0 Å². The monoisotopic (exact) mass is 264 g/mol. The highest BCUT2D eigenvalue weighted by Gasteiger charge is 1.99. The first-order chi connectivity index (χ1) is 7.24. The van der Waals surface area contributed by atoms with Gasteiger partial charge in [0, 0.05) is 4.48 Å². The fourth-order valence-electron chi connectivity index (χ4n) is 1.40. The highest BCUT2D eigenvalue weighted by molar-refractivity contribution is 9.11. The van der Waals surface area contributed by atoms with Crippen molar-refractivity contribution >= 4 is 22.0 Å². The van der Waals surface area contributed by atoms with Crippen LogP contribution in [0.15, 0.2) is 47.0 Å². The first-order valence-electron chi connectivity index (χ1n) is 5.34. The molecule has 0 amide bonds. The summed E-state index contributed by atoms with van der Waals surface area (Å²) in [6.45, 7) is 6.16. The van der Waals surface area contributed by atoms with Crippen molar-refractivity contribution in [2.24, 2.45) is 0 Å². The minimum atomic E-state index is 1.000. The lowest BCUT2D eigenvalue weighted by Crippen LogP contribution is -1.83. The molecule has 0 bridgehead atoms. The molecule has 0 aliphatic carbocycles. The Kier molecular flexibility index (Phi) is 5.41. The van der Waals surface area contributed by atoms with E-state index in [4.69, 9.17) is 0 Å². The van der Waals surface area contributed by atoms with Crippen molar-refractivity contribution in [3.63, 3.8) is 0 Å². The number of benzene rings is 1. The molecule has 1 heteroatoms. The summed E-state index contributed by atoms with van der Waals surface area (Å²) >= 11 is 3.47. The molecule has 1 aromatic carbocycles. The molecule has 0 saturated heterocycles. The van der Waals surface area contributed by atoms with Crippen LogP contribution in [0.5, 0.6) is 0 Å². The molecule has 0 spiro atoms. The van der Waals surface area contributed by atoms with Crippen molar-refractivity contribution in [1.29, 1.82) is 0 Å². The third-order valence-electron chi connectivity index (χ3n) is 2.29. The van der Waals surface area contributed by atoms with E-state index in [9.17, 15) is 0 Å². The van der Waals surface area contributed by atoms with E-state index < -0.39 is 0 Å². The van der Waals surface area contributed by atoms with Gasteiger partial charge in [0.25, 0.3) is 0 Å². The molecule has 1 aromatic rings. The summed E-state index contributed by atoms with van der Waals surface area (Å²) < 4.78 is 1.000. The van der Waals surface area contributed by atoms with Gasteiger partial charge in [-0.25, -0.2) is 0 Å². The predicted octanol–water partition coefficient (Wildman–Crippen LogP) is 5.17.